The highest BCUT2D eigenvalue weighted by molar-refractivity contribution is 5.79. The zero-order valence-corrected chi connectivity index (χ0v) is 9.71. The van der Waals surface area contributed by atoms with Crippen molar-refractivity contribution in [1.82, 2.24) is 10.2 Å². The third-order valence-electron chi connectivity index (χ3n) is 1.84. The van der Waals surface area contributed by atoms with Crippen LogP contribution in [0.2, 0.25) is 0 Å². The Hall–Kier alpha value is -1.10. The molecule has 0 bridgehead atoms. The van der Waals surface area contributed by atoms with Gasteiger partial charge in [0.2, 0.25) is 5.91 Å². The lowest BCUT2D eigenvalue weighted by Gasteiger charge is -2.19. The second kappa shape index (κ2) is 8.23. The molecule has 1 N–H and O–H groups in total. The molecule has 0 aromatic heterocycles. The van der Waals surface area contributed by atoms with Crippen molar-refractivity contribution in [3.8, 4) is 0 Å². The molecule has 0 heterocycles. The summed E-state index contributed by atoms with van der Waals surface area (Å²) in [4.78, 5) is 24.1. The van der Waals surface area contributed by atoms with Crippen molar-refractivity contribution in [2.75, 3.05) is 33.3 Å². The van der Waals surface area contributed by atoms with Crippen LogP contribution in [0.5, 0.6) is 0 Å². The molecule has 0 aliphatic carbocycles. The van der Waals surface area contributed by atoms with Crippen LogP contribution >= 0.6 is 0 Å². The van der Waals surface area contributed by atoms with Gasteiger partial charge in [0, 0.05) is 7.05 Å². The van der Waals surface area contributed by atoms with Gasteiger partial charge >= 0.3 is 5.97 Å². The molecule has 0 aromatic rings. The van der Waals surface area contributed by atoms with Crippen molar-refractivity contribution in [3.05, 3.63) is 0 Å². The lowest BCUT2D eigenvalue weighted by Crippen LogP contribution is -2.39. The molecule has 15 heavy (non-hydrogen) atoms. The molecule has 0 aliphatic rings. The van der Waals surface area contributed by atoms with Gasteiger partial charge in [-0.2, -0.15) is 0 Å². The van der Waals surface area contributed by atoms with E-state index in [-0.39, 0.29) is 25.0 Å². The molecule has 5 heteroatoms. The molecule has 0 saturated heterocycles. The monoisotopic (exact) mass is 216 g/mol. The van der Waals surface area contributed by atoms with Gasteiger partial charge < -0.3 is 10.1 Å². The summed E-state index contributed by atoms with van der Waals surface area (Å²) in [6.07, 6.45) is 0.899. The van der Waals surface area contributed by atoms with Crippen LogP contribution in [0.3, 0.4) is 0 Å². The van der Waals surface area contributed by atoms with Gasteiger partial charge in [-0.3, -0.25) is 14.5 Å². The number of esters is 1. The highest BCUT2D eigenvalue weighted by Gasteiger charge is 2.13. The van der Waals surface area contributed by atoms with E-state index in [0.29, 0.717) is 13.2 Å². The molecule has 88 valence electrons. The van der Waals surface area contributed by atoms with Crippen LogP contribution in [0.1, 0.15) is 20.3 Å². The van der Waals surface area contributed by atoms with Crippen LogP contribution in [-0.4, -0.2) is 50.1 Å². The molecule has 0 fully saturated rings. The van der Waals surface area contributed by atoms with E-state index in [1.807, 2.05) is 6.92 Å². The van der Waals surface area contributed by atoms with E-state index >= 15 is 0 Å². The first-order valence-electron chi connectivity index (χ1n) is 5.22. The molecule has 0 spiro atoms. The van der Waals surface area contributed by atoms with Crippen molar-refractivity contribution in [1.29, 1.82) is 0 Å². The first-order chi connectivity index (χ1) is 7.13. The number of carbonyl (C=O) groups excluding carboxylic acids is 2. The second-order valence-electron chi connectivity index (χ2n) is 3.19. The number of nitrogens with one attached hydrogen (secondary N) is 1. The lowest BCUT2D eigenvalue weighted by molar-refractivity contribution is -0.144. The zero-order chi connectivity index (χ0) is 11.7. The summed E-state index contributed by atoms with van der Waals surface area (Å²) in [6.45, 7) is 5.27. The van der Waals surface area contributed by atoms with E-state index in [1.54, 1.807) is 18.9 Å². The van der Waals surface area contributed by atoms with E-state index in [1.165, 1.54) is 0 Å². The number of likely N-dealkylation sites (N-methyl/N-ethyl adjacent to an activating group) is 1. The molecular formula is C10H20N2O3. The highest BCUT2D eigenvalue weighted by atomic mass is 16.5. The quantitative estimate of drug-likeness (QED) is 0.609. The van der Waals surface area contributed by atoms with E-state index < -0.39 is 0 Å². The summed E-state index contributed by atoms with van der Waals surface area (Å²) in [6, 6.07) is 0. The first-order valence-corrected chi connectivity index (χ1v) is 5.22. The minimum atomic E-state index is -0.283. The van der Waals surface area contributed by atoms with Crippen molar-refractivity contribution >= 4 is 11.9 Å². The van der Waals surface area contributed by atoms with Crippen molar-refractivity contribution in [2.24, 2.45) is 0 Å². The van der Waals surface area contributed by atoms with Crippen LogP contribution in [0.4, 0.5) is 0 Å². The number of rotatable bonds is 7. The van der Waals surface area contributed by atoms with Crippen LogP contribution < -0.4 is 5.32 Å². The molecule has 1 amide bonds. The Labute approximate surface area is 90.8 Å². The van der Waals surface area contributed by atoms with Gasteiger partial charge in [-0.15, -0.1) is 0 Å². The topological polar surface area (TPSA) is 58.6 Å². The van der Waals surface area contributed by atoms with Gasteiger partial charge in [-0.05, 0) is 19.9 Å². The fraction of sp³-hybridized carbons (Fsp3) is 0.800. The Morgan fingerprint density at radius 1 is 1.27 bits per heavy atom. The highest BCUT2D eigenvalue weighted by Crippen LogP contribution is 1.93. The van der Waals surface area contributed by atoms with Gasteiger partial charge in [0.25, 0.3) is 0 Å². The largest absolute Gasteiger partial charge is 0.465 e. The Morgan fingerprint density at radius 3 is 2.40 bits per heavy atom. The molecule has 0 aromatic carbocycles. The molecule has 5 nitrogen and oxygen atoms in total. The zero-order valence-electron chi connectivity index (χ0n) is 9.71. The normalized spacial score (nSPS) is 10.1. The molecule has 0 atom stereocenters. The van der Waals surface area contributed by atoms with Crippen LogP contribution in [-0.2, 0) is 14.3 Å². The summed E-state index contributed by atoms with van der Waals surface area (Å²) in [5, 5.41) is 2.53. The SMILES string of the molecule is CCCN(CC(=O)NC)CC(=O)OCC. The van der Waals surface area contributed by atoms with E-state index in [2.05, 4.69) is 5.32 Å². The summed E-state index contributed by atoms with van der Waals surface area (Å²) in [7, 11) is 1.58. The molecule has 0 radical (unpaired) electrons. The maximum Gasteiger partial charge on any atom is 0.320 e. The maximum absolute atomic E-state index is 11.2. The van der Waals surface area contributed by atoms with Crippen molar-refractivity contribution in [3.63, 3.8) is 0 Å². The fourth-order valence-corrected chi connectivity index (χ4v) is 1.20. The number of ether oxygens (including phenoxy) is 1. The summed E-state index contributed by atoms with van der Waals surface area (Å²) < 4.78 is 4.82. The fourth-order valence-electron chi connectivity index (χ4n) is 1.20. The van der Waals surface area contributed by atoms with Gasteiger partial charge in [-0.25, -0.2) is 0 Å². The van der Waals surface area contributed by atoms with Crippen LogP contribution in [0, 0.1) is 0 Å². The van der Waals surface area contributed by atoms with Crippen molar-refractivity contribution in [2.45, 2.75) is 20.3 Å². The minimum Gasteiger partial charge on any atom is -0.465 e. The number of hydrogen-bond donors (Lipinski definition) is 1. The van der Waals surface area contributed by atoms with Crippen LogP contribution in [0.25, 0.3) is 0 Å². The standard InChI is InChI=1S/C10H20N2O3/c1-4-6-12(7-9(13)11-3)8-10(14)15-5-2/h4-8H2,1-3H3,(H,11,13). The first kappa shape index (κ1) is 13.9. The van der Waals surface area contributed by atoms with E-state index in [9.17, 15) is 9.59 Å². The molecular weight excluding hydrogens is 196 g/mol. The van der Waals surface area contributed by atoms with E-state index in [4.69, 9.17) is 4.74 Å². The third-order valence-corrected chi connectivity index (χ3v) is 1.84. The van der Waals surface area contributed by atoms with Gasteiger partial charge in [0.1, 0.15) is 0 Å². The van der Waals surface area contributed by atoms with Crippen molar-refractivity contribution < 1.29 is 14.3 Å². The number of nitrogens with zero attached hydrogens (tertiary/aromatic N) is 1. The van der Waals surface area contributed by atoms with Crippen LogP contribution in [0.15, 0.2) is 0 Å². The minimum absolute atomic E-state index is 0.0900. The summed E-state index contributed by atoms with van der Waals surface area (Å²) in [5.41, 5.74) is 0. The molecule has 0 aliphatic heterocycles. The average Bonchev–Trinajstić information content (AvgIpc) is 2.18. The smallest absolute Gasteiger partial charge is 0.320 e. The molecule has 0 rings (SSSR count). The third kappa shape index (κ3) is 6.90. The molecule has 0 saturated carbocycles. The molecule has 0 unspecified atom stereocenters. The Kier molecular flexibility index (Phi) is 7.62. The average molecular weight is 216 g/mol. The Balaban J connectivity index is 4.02. The Bertz CT molecular complexity index is 207. The Morgan fingerprint density at radius 2 is 1.93 bits per heavy atom. The van der Waals surface area contributed by atoms with Gasteiger partial charge in [0.15, 0.2) is 0 Å². The predicted octanol–water partition coefficient (Wildman–Crippen LogP) is 0.00750. The maximum atomic E-state index is 11.2. The number of amides is 1. The van der Waals surface area contributed by atoms with Gasteiger partial charge in [0.05, 0.1) is 19.7 Å². The second-order valence-corrected chi connectivity index (χ2v) is 3.19. The van der Waals surface area contributed by atoms with Gasteiger partial charge in [-0.1, -0.05) is 6.92 Å². The summed E-state index contributed by atoms with van der Waals surface area (Å²) >= 11 is 0. The summed E-state index contributed by atoms with van der Waals surface area (Å²) in [5.74, 6) is -0.373. The van der Waals surface area contributed by atoms with E-state index in [0.717, 1.165) is 6.42 Å². The predicted molar refractivity (Wildman–Crippen MR) is 57.4 cm³/mol. The number of hydrogen-bond acceptors (Lipinski definition) is 4. The number of carbonyl (C=O) groups is 2. The lowest BCUT2D eigenvalue weighted by atomic mass is 10.4.